The van der Waals surface area contributed by atoms with Crippen molar-refractivity contribution < 1.29 is 4.74 Å². The molecule has 0 radical (unpaired) electrons. The van der Waals surface area contributed by atoms with Gasteiger partial charge in [-0.3, -0.25) is 4.90 Å². The molecule has 3 rings (SSSR count). The Balaban J connectivity index is 1.70. The third kappa shape index (κ3) is 2.23. The molecular weight excluding hydrogens is 214 g/mol. The first-order valence-electron chi connectivity index (χ1n) is 6.33. The van der Waals surface area contributed by atoms with E-state index in [1.54, 1.807) is 5.01 Å². The van der Waals surface area contributed by atoms with Gasteiger partial charge in [-0.25, -0.2) is 5.84 Å². The highest BCUT2D eigenvalue weighted by atomic mass is 16.5. The molecule has 92 valence electrons. The van der Waals surface area contributed by atoms with Crippen LogP contribution in [0.15, 0.2) is 24.3 Å². The van der Waals surface area contributed by atoms with E-state index in [2.05, 4.69) is 4.90 Å². The SMILES string of the molecule is NN1CC(CN2CCCC2)Oc2ccccc21. The van der Waals surface area contributed by atoms with Crippen LogP contribution in [0, 0.1) is 0 Å². The van der Waals surface area contributed by atoms with E-state index >= 15 is 0 Å². The van der Waals surface area contributed by atoms with Crippen LogP contribution in [-0.4, -0.2) is 37.2 Å². The van der Waals surface area contributed by atoms with Gasteiger partial charge in [-0.05, 0) is 38.1 Å². The maximum absolute atomic E-state index is 6.05. The van der Waals surface area contributed by atoms with Gasteiger partial charge >= 0.3 is 0 Å². The fraction of sp³-hybridized carbons (Fsp3) is 0.538. The van der Waals surface area contributed by atoms with Gasteiger partial charge in [-0.2, -0.15) is 0 Å². The number of ether oxygens (including phenoxy) is 1. The molecule has 17 heavy (non-hydrogen) atoms. The van der Waals surface area contributed by atoms with Crippen molar-refractivity contribution in [1.29, 1.82) is 0 Å². The van der Waals surface area contributed by atoms with Gasteiger partial charge in [0.25, 0.3) is 0 Å². The minimum Gasteiger partial charge on any atom is -0.485 e. The molecule has 2 heterocycles. The summed E-state index contributed by atoms with van der Waals surface area (Å²) >= 11 is 0. The van der Waals surface area contributed by atoms with E-state index in [4.69, 9.17) is 10.6 Å². The third-order valence-electron chi connectivity index (χ3n) is 3.53. The summed E-state index contributed by atoms with van der Waals surface area (Å²) in [7, 11) is 0. The lowest BCUT2D eigenvalue weighted by molar-refractivity contribution is 0.142. The number of anilines is 1. The molecule has 4 heteroatoms. The van der Waals surface area contributed by atoms with Crippen molar-refractivity contribution >= 4 is 5.69 Å². The number of rotatable bonds is 2. The molecule has 1 saturated heterocycles. The Morgan fingerprint density at radius 1 is 1.24 bits per heavy atom. The largest absolute Gasteiger partial charge is 0.485 e. The summed E-state index contributed by atoms with van der Waals surface area (Å²) in [5.41, 5.74) is 0.991. The Morgan fingerprint density at radius 2 is 2.00 bits per heavy atom. The first-order valence-corrected chi connectivity index (χ1v) is 6.33. The van der Waals surface area contributed by atoms with E-state index in [0.717, 1.165) is 24.5 Å². The number of benzene rings is 1. The fourth-order valence-corrected chi connectivity index (χ4v) is 2.68. The molecule has 2 N–H and O–H groups in total. The summed E-state index contributed by atoms with van der Waals surface area (Å²) in [5.74, 6) is 6.95. The Morgan fingerprint density at radius 3 is 2.82 bits per heavy atom. The van der Waals surface area contributed by atoms with Crippen molar-refractivity contribution in [3.8, 4) is 5.75 Å². The van der Waals surface area contributed by atoms with Crippen molar-refractivity contribution in [2.24, 2.45) is 5.84 Å². The fourth-order valence-electron chi connectivity index (χ4n) is 2.68. The van der Waals surface area contributed by atoms with Gasteiger partial charge in [-0.15, -0.1) is 0 Å². The molecule has 0 amide bonds. The number of hydrazine groups is 1. The summed E-state index contributed by atoms with van der Waals surface area (Å²) in [6.45, 7) is 4.16. The highest BCUT2D eigenvalue weighted by molar-refractivity contribution is 5.58. The summed E-state index contributed by atoms with van der Waals surface area (Å²) in [6.07, 6.45) is 2.82. The molecule has 1 aromatic carbocycles. The summed E-state index contributed by atoms with van der Waals surface area (Å²) < 4.78 is 6.00. The van der Waals surface area contributed by atoms with Crippen molar-refractivity contribution in [2.75, 3.05) is 31.2 Å². The van der Waals surface area contributed by atoms with E-state index in [-0.39, 0.29) is 6.10 Å². The van der Waals surface area contributed by atoms with Crippen LogP contribution in [0.25, 0.3) is 0 Å². The molecule has 0 bridgehead atoms. The van der Waals surface area contributed by atoms with Gasteiger partial charge < -0.3 is 9.75 Å². The zero-order chi connectivity index (χ0) is 11.7. The Kier molecular flexibility index (Phi) is 2.91. The summed E-state index contributed by atoms with van der Waals surface area (Å²) in [6, 6.07) is 7.97. The third-order valence-corrected chi connectivity index (χ3v) is 3.53. The maximum atomic E-state index is 6.05. The smallest absolute Gasteiger partial charge is 0.144 e. The topological polar surface area (TPSA) is 41.7 Å². The maximum Gasteiger partial charge on any atom is 0.144 e. The predicted octanol–water partition coefficient (Wildman–Crippen LogP) is 1.22. The average Bonchev–Trinajstić information content (AvgIpc) is 2.82. The normalized spacial score (nSPS) is 24.5. The molecule has 4 nitrogen and oxygen atoms in total. The highest BCUT2D eigenvalue weighted by Gasteiger charge is 2.26. The average molecular weight is 233 g/mol. The molecule has 2 aliphatic heterocycles. The number of likely N-dealkylation sites (tertiary alicyclic amines) is 1. The lowest BCUT2D eigenvalue weighted by Crippen LogP contribution is -2.48. The highest BCUT2D eigenvalue weighted by Crippen LogP contribution is 2.31. The first kappa shape index (κ1) is 10.9. The molecule has 1 unspecified atom stereocenters. The predicted molar refractivity (Wildman–Crippen MR) is 68.1 cm³/mol. The van der Waals surface area contributed by atoms with Gasteiger partial charge in [0.05, 0.1) is 12.2 Å². The Hall–Kier alpha value is -1.26. The van der Waals surface area contributed by atoms with Crippen molar-refractivity contribution in [1.82, 2.24) is 4.90 Å². The number of hydrogen-bond acceptors (Lipinski definition) is 4. The minimum absolute atomic E-state index is 0.188. The van der Waals surface area contributed by atoms with Crippen molar-refractivity contribution in [3.05, 3.63) is 24.3 Å². The minimum atomic E-state index is 0.188. The molecule has 0 saturated carbocycles. The second-order valence-corrected chi connectivity index (χ2v) is 4.87. The van der Waals surface area contributed by atoms with E-state index in [9.17, 15) is 0 Å². The lowest BCUT2D eigenvalue weighted by Gasteiger charge is -2.34. The number of para-hydroxylation sites is 2. The monoisotopic (exact) mass is 233 g/mol. The zero-order valence-corrected chi connectivity index (χ0v) is 10.0. The first-order chi connectivity index (χ1) is 8.33. The molecule has 1 fully saturated rings. The van der Waals surface area contributed by atoms with Crippen LogP contribution in [0.3, 0.4) is 0 Å². The van der Waals surface area contributed by atoms with Gasteiger partial charge in [-0.1, -0.05) is 12.1 Å². The van der Waals surface area contributed by atoms with Crippen LogP contribution in [0.5, 0.6) is 5.75 Å². The molecule has 0 aromatic heterocycles. The second kappa shape index (κ2) is 4.55. The van der Waals surface area contributed by atoms with Gasteiger partial charge in [0.2, 0.25) is 0 Å². The Labute approximate surface area is 102 Å². The molecule has 1 aromatic rings. The molecule has 1 atom stereocenters. The van der Waals surface area contributed by atoms with E-state index in [1.165, 1.54) is 25.9 Å². The van der Waals surface area contributed by atoms with Crippen LogP contribution >= 0.6 is 0 Å². The van der Waals surface area contributed by atoms with Crippen LogP contribution in [0.2, 0.25) is 0 Å². The van der Waals surface area contributed by atoms with E-state index < -0.39 is 0 Å². The lowest BCUT2D eigenvalue weighted by atomic mass is 10.2. The molecule has 0 spiro atoms. The van der Waals surface area contributed by atoms with E-state index in [0.29, 0.717) is 0 Å². The van der Waals surface area contributed by atoms with Crippen LogP contribution < -0.4 is 15.6 Å². The van der Waals surface area contributed by atoms with Crippen LogP contribution in [-0.2, 0) is 0 Å². The number of nitrogens with two attached hydrogens (primary N) is 1. The van der Waals surface area contributed by atoms with Crippen molar-refractivity contribution in [2.45, 2.75) is 18.9 Å². The molecular formula is C13H19N3O. The standard InChI is InChI=1S/C13H19N3O/c14-16-10-11(9-15-7-3-4-8-15)17-13-6-2-1-5-12(13)16/h1-2,5-6,11H,3-4,7-10,14H2. The van der Waals surface area contributed by atoms with E-state index in [1.807, 2.05) is 24.3 Å². The van der Waals surface area contributed by atoms with Gasteiger partial charge in [0.15, 0.2) is 0 Å². The number of nitrogens with zero attached hydrogens (tertiary/aromatic N) is 2. The second-order valence-electron chi connectivity index (χ2n) is 4.87. The summed E-state index contributed by atoms with van der Waals surface area (Å²) in [4.78, 5) is 2.46. The zero-order valence-electron chi connectivity index (χ0n) is 10.0. The van der Waals surface area contributed by atoms with Crippen LogP contribution in [0.4, 0.5) is 5.69 Å². The quantitative estimate of drug-likeness (QED) is 0.780. The number of hydrogen-bond donors (Lipinski definition) is 1. The molecule has 2 aliphatic rings. The van der Waals surface area contributed by atoms with Crippen molar-refractivity contribution in [3.63, 3.8) is 0 Å². The van der Waals surface area contributed by atoms with Gasteiger partial charge in [0.1, 0.15) is 11.9 Å². The van der Waals surface area contributed by atoms with Gasteiger partial charge in [0, 0.05) is 6.54 Å². The van der Waals surface area contributed by atoms with Crippen LogP contribution in [0.1, 0.15) is 12.8 Å². The molecule has 0 aliphatic carbocycles. The number of fused-ring (bicyclic) bond motifs is 1. The Bertz CT molecular complexity index is 390. The summed E-state index contributed by atoms with van der Waals surface area (Å²) in [5, 5.41) is 1.81.